The van der Waals surface area contributed by atoms with E-state index in [4.69, 9.17) is 16.7 Å². The van der Waals surface area contributed by atoms with Crippen molar-refractivity contribution in [1.29, 1.82) is 0 Å². The lowest BCUT2D eigenvalue weighted by molar-refractivity contribution is 0.0672. The summed E-state index contributed by atoms with van der Waals surface area (Å²) in [6, 6.07) is 3.19. The molecule has 1 aromatic heterocycles. The largest absolute Gasteiger partial charge is 0.394 e. The topological polar surface area (TPSA) is 53.4 Å². The first-order valence-electron chi connectivity index (χ1n) is 5.26. The number of amides is 1. The maximum Gasteiger partial charge on any atom is 0.272 e. The molecule has 0 aliphatic carbocycles. The molecule has 1 aromatic rings. The predicted molar refractivity (Wildman–Crippen MR) is 60.4 cm³/mol. The molecule has 1 atom stereocenters. The summed E-state index contributed by atoms with van der Waals surface area (Å²) in [7, 11) is 0. The molecule has 0 spiro atoms. The van der Waals surface area contributed by atoms with Crippen molar-refractivity contribution in [2.45, 2.75) is 18.9 Å². The second kappa shape index (κ2) is 4.80. The molecule has 2 heterocycles. The Kier molecular flexibility index (Phi) is 3.41. The zero-order valence-electron chi connectivity index (χ0n) is 8.77. The molecular formula is C11H13ClN2O2. The molecule has 1 amide bonds. The van der Waals surface area contributed by atoms with E-state index in [0.29, 0.717) is 17.3 Å². The summed E-state index contributed by atoms with van der Waals surface area (Å²) in [5.74, 6) is -0.131. The number of aromatic nitrogens is 1. The van der Waals surface area contributed by atoms with E-state index in [0.717, 1.165) is 12.8 Å². The lowest BCUT2D eigenvalue weighted by Gasteiger charge is -2.22. The number of carbonyl (C=O) groups is 1. The van der Waals surface area contributed by atoms with E-state index >= 15 is 0 Å². The number of halogens is 1. The molecule has 0 radical (unpaired) electrons. The average Bonchev–Trinajstić information content (AvgIpc) is 2.77. The summed E-state index contributed by atoms with van der Waals surface area (Å²) in [5.41, 5.74) is 0.379. The van der Waals surface area contributed by atoms with E-state index in [1.807, 2.05) is 0 Å². The molecule has 86 valence electrons. The van der Waals surface area contributed by atoms with Crippen LogP contribution in [0.4, 0.5) is 0 Å². The Morgan fingerprint density at radius 3 is 3.06 bits per heavy atom. The van der Waals surface area contributed by atoms with Gasteiger partial charge >= 0.3 is 0 Å². The van der Waals surface area contributed by atoms with Crippen LogP contribution in [0.15, 0.2) is 18.3 Å². The van der Waals surface area contributed by atoms with Crippen LogP contribution in [0.25, 0.3) is 0 Å². The molecule has 1 fully saturated rings. The maximum atomic E-state index is 12.0. The Morgan fingerprint density at radius 1 is 1.62 bits per heavy atom. The highest BCUT2D eigenvalue weighted by Gasteiger charge is 2.29. The first-order valence-corrected chi connectivity index (χ1v) is 5.63. The third kappa shape index (κ3) is 2.18. The Morgan fingerprint density at radius 2 is 2.44 bits per heavy atom. The fraction of sp³-hybridized carbons (Fsp3) is 0.455. The summed E-state index contributed by atoms with van der Waals surface area (Å²) < 4.78 is 0. The SMILES string of the molecule is O=C(c1ccc(Cl)cn1)N1CCCC1CO. The van der Waals surface area contributed by atoms with Crippen molar-refractivity contribution in [2.75, 3.05) is 13.2 Å². The molecule has 2 rings (SSSR count). The van der Waals surface area contributed by atoms with Crippen LogP contribution < -0.4 is 0 Å². The van der Waals surface area contributed by atoms with Crippen LogP contribution in [0.3, 0.4) is 0 Å². The van der Waals surface area contributed by atoms with Gasteiger partial charge in [-0.25, -0.2) is 4.98 Å². The van der Waals surface area contributed by atoms with Gasteiger partial charge in [-0.05, 0) is 25.0 Å². The van der Waals surface area contributed by atoms with Gasteiger partial charge in [0.05, 0.1) is 17.7 Å². The quantitative estimate of drug-likeness (QED) is 0.849. The lowest BCUT2D eigenvalue weighted by atomic mass is 10.2. The fourth-order valence-electron chi connectivity index (χ4n) is 1.94. The first kappa shape index (κ1) is 11.4. The maximum absolute atomic E-state index is 12.0. The van der Waals surface area contributed by atoms with Crippen LogP contribution in [0.1, 0.15) is 23.3 Å². The lowest BCUT2D eigenvalue weighted by Crippen LogP contribution is -2.37. The second-order valence-corrected chi connectivity index (χ2v) is 4.28. The Hall–Kier alpha value is -1.13. The van der Waals surface area contributed by atoms with Gasteiger partial charge in [-0.1, -0.05) is 11.6 Å². The van der Waals surface area contributed by atoms with Gasteiger partial charge in [0.25, 0.3) is 5.91 Å². The van der Waals surface area contributed by atoms with E-state index in [1.165, 1.54) is 6.20 Å². The number of carbonyl (C=O) groups excluding carboxylic acids is 1. The van der Waals surface area contributed by atoms with Gasteiger partial charge in [0.1, 0.15) is 5.69 Å². The Bertz CT molecular complexity index is 380. The van der Waals surface area contributed by atoms with Crippen molar-refractivity contribution in [3.63, 3.8) is 0 Å². The molecule has 0 saturated carbocycles. The van der Waals surface area contributed by atoms with Crippen LogP contribution in [0, 0.1) is 0 Å². The van der Waals surface area contributed by atoms with Gasteiger partial charge in [0, 0.05) is 12.7 Å². The van der Waals surface area contributed by atoms with Gasteiger partial charge in [-0.15, -0.1) is 0 Å². The molecule has 1 aliphatic rings. The Labute approximate surface area is 98.9 Å². The smallest absolute Gasteiger partial charge is 0.272 e. The number of pyridine rings is 1. The minimum atomic E-state index is -0.131. The van der Waals surface area contributed by atoms with Crippen molar-refractivity contribution in [3.8, 4) is 0 Å². The molecule has 1 unspecified atom stereocenters. The number of hydrogen-bond acceptors (Lipinski definition) is 3. The van der Waals surface area contributed by atoms with Gasteiger partial charge in [-0.2, -0.15) is 0 Å². The molecule has 0 aromatic carbocycles. The average molecular weight is 241 g/mol. The molecule has 1 saturated heterocycles. The summed E-state index contributed by atoms with van der Waals surface area (Å²) in [6.07, 6.45) is 3.25. The van der Waals surface area contributed by atoms with Gasteiger partial charge < -0.3 is 10.0 Å². The van der Waals surface area contributed by atoms with Crippen LogP contribution in [-0.2, 0) is 0 Å². The summed E-state index contributed by atoms with van der Waals surface area (Å²) in [6.45, 7) is 0.702. The Balaban J connectivity index is 2.15. The van der Waals surface area contributed by atoms with Crippen molar-refractivity contribution in [3.05, 3.63) is 29.0 Å². The molecule has 1 aliphatic heterocycles. The minimum Gasteiger partial charge on any atom is -0.394 e. The third-order valence-corrected chi connectivity index (χ3v) is 3.02. The van der Waals surface area contributed by atoms with Gasteiger partial charge in [0.2, 0.25) is 0 Å². The third-order valence-electron chi connectivity index (χ3n) is 2.80. The highest BCUT2D eigenvalue weighted by molar-refractivity contribution is 6.30. The number of nitrogens with zero attached hydrogens (tertiary/aromatic N) is 2. The summed E-state index contributed by atoms with van der Waals surface area (Å²) >= 11 is 5.70. The van der Waals surface area contributed by atoms with E-state index in [-0.39, 0.29) is 18.6 Å². The van der Waals surface area contributed by atoms with Gasteiger partial charge in [0.15, 0.2) is 0 Å². The van der Waals surface area contributed by atoms with Crippen molar-refractivity contribution in [1.82, 2.24) is 9.88 Å². The van der Waals surface area contributed by atoms with E-state index in [9.17, 15) is 4.79 Å². The number of likely N-dealkylation sites (tertiary alicyclic amines) is 1. The van der Waals surface area contributed by atoms with Crippen LogP contribution in [0.2, 0.25) is 5.02 Å². The monoisotopic (exact) mass is 240 g/mol. The van der Waals surface area contributed by atoms with Crippen molar-refractivity contribution in [2.24, 2.45) is 0 Å². The molecule has 0 bridgehead atoms. The van der Waals surface area contributed by atoms with E-state index < -0.39 is 0 Å². The number of aliphatic hydroxyl groups excluding tert-OH is 1. The minimum absolute atomic E-state index is 0.0132. The fourth-order valence-corrected chi connectivity index (χ4v) is 2.05. The van der Waals surface area contributed by atoms with Crippen LogP contribution in [-0.4, -0.2) is 40.1 Å². The molecule has 16 heavy (non-hydrogen) atoms. The molecule has 5 heteroatoms. The molecular weight excluding hydrogens is 228 g/mol. The zero-order chi connectivity index (χ0) is 11.5. The van der Waals surface area contributed by atoms with Crippen LogP contribution >= 0.6 is 11.6 Å². The van der Waals surface area contributed by atoms with Crippen LogP contribution in [0.5, 0.6) is 0 Å². The number of hydrogen-bond donors (Lipinski definition) is 1. The standard InChI is InChI=1S/C11H13ClN2O2/c12-8-3-4-10(13-6-8)11(16)14-5-1-2-9(14)7-15/h3-4,6,9,15H,1-2,5,7H2. The van der Waals surface area contributed by atoms with Crippen molar-refractivity contribution >= 4 is 17.5 Å². The molecule has 1 N–H and O–H groups in total. The first-order chi connectivity index (χ1) is 7.72. The second-order valence-electron chi connectivity index (χ2n) is 3.84. The van der Waals surface area contributed by atoms with E-state index in [1.54, 1.807) is 17.0 Å². The zero-order valence-corrected chi connectivity index (χ0v) is 9.52. The van der Waals surface area contributed by atoms with Gasteiger partial charge in [-0.3, -0.25) is 4.79 Å². The number of rotatable bonds is 2. The number of aliphatic hydroxyl groups is 1. The predicted octanol–water partition coefficient (Wildman–Crippen LogP) is 1.33. The summed E-state index contributed by atoms with van der Waals surface area (Å²) in [5, 5.41) is 9.65. The molecule has 4 nitrogen and oxygen atoms in total. The highest BCUT2D eigenvalue weighted by Crippen LogP contribution is 2.19. The van der Waals surface area contributed by atoms with E-state index in [2.05, 4.69) is 4.98 Å². The summed E-state index contributed by atoms with van der Waals surface area (Å²) in [4.78, 5) is 17.7. The van der Waals surface area contributed by atoms with Crippen molar-refractivity contribution < 1.29 is 9.90 Å². The normalized spacial score (nSPS) is 20.1. The highest BCUT2D eigenvalue weighted by atomic mass is 35.5.